The molecular formula is C25H25ClN4O4. The molecule has 2 aromatic rings. The number of nitrogens with zero attached hydrogens (tertiary/aromatic N) is 1. The van der Waals surface area contributed by atoms with Crippen molar-refractivity contribution >= 4 is 40.9 Å². The highest BCUT2D eigenvalue weighted by Crippen LogP contribution is 2.54. The van der Waals surface area contributed by atoms with Gasteiger partial charge in [0, 0.05) is 28.7 Å². The number of hydrogen-bond donors (Lipinski definition) is 3. The molecule has 34 heavy (non-hydrogen) atoms. The van der Waals surface area contributed by atoms with Gasteiger partial charge in [-0.15, -0.1) is 0 Å². The van der Waals surface area contributed by atoms with E-state index in [1.165, 1.54) is 4.90 Å². The molecule has 0 radical (unpaired) electrons. The second-order valence-electron chi connectivity index (χ2n) is 9.31. The van der Waals surface area contributed by atoms with Gasteiger partial charge in [-0.05, 0) is 43.0 Å². The van der Waals surface area contributed by atoms with Crippen LogP contribution in [0.25, 0.3) is 0 Å². The number of nitrogens with two attached hydrogens (primary N) is 1. The van der Waals surface area contributed by atoms with Crippen molar-refractivity contribution in [3.05, 3.63) is 63.7 Å². The summed E-state index contributed by atoms with van der Waals surface area (Å²) in [6, 6.07) is 10.2. The molecule has 4 atom stereocenters. The minimum atomic E-state index is -1.40. The molecule has 9 heteroatoms. The van der Waals surface area contributed by atoms with Gasteiger partial charge in [-0.2, -0.15) is 0 Å². The first-order chi connectivity index (χ1) is 16.2. The zero-order valence-electron chi connectivity index (χ0n) is 18.9. The molecule has 0 unspecified atom stereocenters. The topological polar surface area (TPSA) is 122 Å². The summed E-state index contributed by atoms with van der Waals surface area (Å²) in [6.45, 7) is 3.88. The monoisotopic (exact) mass is 480 g/mol. The molecule has 2 fully saturated rings. The number of rotatable bonds is 5. The normalized spacial score (nSPS) is 27.3. The lowest BCUT2D eigenvalue weighted by atomic mass is 9.76. The Morgan fingerprint density at radius 3 is 2.56 bits per heavy atom. The number of aryl methyl sites for hydroxylation is 1. The summed E-state index contributed by atoms with van der Waals surface area (Å²) >= 11 is 6.30. The van der Waals surface area contributed by atoms with Crippen molar-refractivity contribution in [1.29, 1.82) is 0 Å². The molecule has 1 spiro atoms. The van der Waals surface area contributed by atoms with Crippen molar-refractivity contribution in [3.8, 4) is 0 Å². The average Bonchev–Trinajstić information content (AvgIpc) is 3.37. The van der Waals surface area contributed by atoms with Crippen molar-refractivity contribution in [2.45, 2.75) is 44.8 Å². The number of primary amides is 1. The molecule has 0 bridgehead atoms. The first-order valence-corrected chi connectivity index (χ1v) is 11.6. The number of nitrogens with one attached hydrogen (secondary N) is 2. The highest BCUT2D eigenvalue weighted by atomic mass is 35.5. The lowest BCUT2D eigenvalue weighted by Gasteiger charge is -2.29. The van der Waals surface area contributed by atoms with Crippen LogP contribution in [-0.4, -0.2) is 34.6 Å². The van der Waals surface area contributed by atoms with Gasteiger partial charge < -0.3 is 11.1 Å². The van der Waals surface area contributed by atoms with Crippen LogP contribution in [0.4, 0.5) is 5.69 Å². The quantitative estimate of drug-likeness (QED) is 0.566. The lowest BCUT2D eigenvalue weighted by molar-refractivity contribution is -0.143. The number of imide groups is 1. The van der Waals surface area contributed by atoms with E-state index >= 15 is 0 Å². The van der Waals surface area contributed by atoms with Crippen molar-refractivity contribution in [3.63, 3.8) is 0 Å². The summed E-state index contributed by atoms with van der Waals surface area (Å²) < 4.78 is 0. The Bertz CT molecular complexity index is 1260. The molecule has 0 aromatic heterocycles. The second-order valence-corrected chi connectivity index (χ2v) is 9.71. The van der Waals surface area contributed by atoms with E-state index in [-0.39, 0.29) is 31.2 Å². The second kappa shape index (κ2) is 7.92. The van der Waals surface area contributed by atoms with Crippen LogP contribution in [0.5, 0.6) is 0 Å². The van der Waals surface area contributed by atoms with Gasteiger partial charge in [0.1, 0.15) is 5.54 Å². The zero-order chi connectivity index (χ0) is 24.4. The number of carbonyl (C=O) groups is 4. The molecule has 2 aromatic carbocycles. The van der Waals surface area contributed by atoms with Gasteiger partial charge in [0.15, 0.2) is 0 Å². The standard InChI is InChI=1S/C25H25ClN4O4/c1-12-7-8-15-21(13(12)2)28-24(34)25(15)20-19(17(29-25)9-10-18(27)31)22(32)30(23(20)33)11-14-5-3-4-6-16(14)26/h3-8,17,19-20,29H,9-11H2,1-2H3,(H2,27,31)(H,28,34)/t17-,19-,20-,25-/m1/s1. The third-order valence-electron chi connectivity index (χ3n) is 7.50. The highest BCUT2D eigenvalue weighted by molar-refractivity contribution is 6.31. The van der Waals surface area contributed by atoms with Crippen molar-refractivity contribution in [1.82, 2.24) is 10.2 Å². The average molecular weight is 481 g/mol. The van der Waals surface area contributed by atoms with Gasteiger partial charge in [-0.1, -0.05) is 41.9 Å². The predicted octanol–water partition coefficient (Wildman–Crippen LogP) is 2.14. The van der Waals surface area contributed by atoms with E-state index in [1.807, 2.05) is 26.0 Å². The maximum atomic E-state index is 13.8. The largest absolute Gasteiger partial charge is 0.370 e. The number of fused-ring (bicyclic) bond motifs is 4. The predicted molar refractivity (Wildman–Crippen MR) is 126 cm³/mol. The van der Waals surface area contributed by atoms with Gasteiger partial charge in [0.2, 0.25) is 23.6 Å². The van der Waals surface area contributed by atoms with E-state index in [9.17, 15) is 19.2 Å². The number of halogens is 1. The van der Waals surface area contributed by atoms with Crippen LogP contribution in [0.1, 0.15) is 35.1 Å². The molecule has 8 nitrogen and oxygen atoms in total. The Hall–Kier alpha value is -3.23. The van der Waals surface area contributed by atoms with Crippen LogP contribution in [0.15, 0.2) is 36.4 Å². The fourth-order valence-electron chi connectivity index (χ4n) is 5.68. The Morgan fingerprint density at radius 1 is 1.12 bits per heavy atom. The smallest absolute Gasteiger partial charge is 0.250 e. The molecule has 2 saturated heterocycles. The van der Waals surface area contributed by atoms with Crippen LogP contribution in [0, 0.1) is 25.7 Å². The minimum absolute atomic E-state index is 0.0182. The highest BCUT2D eigenvalue weighted by Gasteiger charge is 2.70. The molecule has 3 aliphatic rings. The molecule has 176 valence electrons. The maximum absolute atomic E-state index is 13.8. The Morgan fingerprint density at radius 2 is 1.85 bits per heavy atom. The number of hydrogen-bond acceptors (Lipinski definition) is 5. The summed E-state index contributed by atoms with van der Waals surface area (Å²) in [4.78, 5) is 53.7. The first-order valence-electron chi connectivity index (χ1n) is 11.2. The lowest BCUT2D eigenvalue weighted by Crippen LogP contribution is -2.53. The fraction of sp³-hybridized carbons (Fsp3) is 0.360. The van der Waals surface area contributed by atoms with Gasteiger partial charge in [-0.3, -0.25) is 29.4 Å². The van der Waals surface area contributed by atoms with Crippen molar-refractivity contribution < 1.29 is 19.2 Å². The van der Waals surface area contributed by atoms with Crippen LogP contribution in [-0.2, 0) is 31.3 Å². The van der Waals surface area contributed by atoms with E-state index in [0.29, 0.717) is 21.8 Å². The third kappa shape index (κ3) is 3.09. The summed E-state index contributed by atoms with van der Waals surface area (Å²) in [7, 11) is 0. The fourth-order valence-corrected chi connectivity index (χ4v) is 5.87. The van der Waals surface area contributed by atoms with E-state index in [0.717, 1.165) is 11.1 Å². The van der Waals surface area contributed by atoms with E-state index in [4.69, 9.17) is 17.3 Å². The van der Waals surface area contributed by atoms with Crippen LogP contribution in [0.2, 0.25) is 5.02 Å². The number of amides is 4. The molecule has 3 aliphatic heterocycles. The molecule has 4 N–H and O–H groups in total. The van der Waals surface area contributed by atoms with Gasteiger partial charge in [-0.25, -0.2) is 0 Å². The molecule has 0 aliphatic carbocycles. The maximum Gasteiger partial charge on any atom is 0.250 e. The van der Waals surface area contributed by atoms with E-state index in [2.05, 4.69) is 10.6 Å². The molecule has 3 heterocycles. The molecule has 5 rings (SSSR count). The summed E-state index contributed by atoms with van der Waals surface area (Å²) in [5.41, 5.74) is 7.85. The SMILES string of the molecule is Cc1ccc2c(c1C)NC(=O)[C@@]21N[C@H](CCC(N)=O)[C@H]2C(=O)N(Cc3ccccc3Cl)C(=O)[C@@H]21. The van der Waals surface area contributed by atoms with E-state index < -0.39 is 35.2 Å². The minimum Gasteiger partial charge on any atom is -0.370 e. The Kier molecular flexibility index (Phi) is 5.26. The number of carbonyl (C=O) groups excluding carboxylic acids is 4. The van der Waals surface area contributed by atoms with Crippen LogP contribution in [0.3, 0.4) is 0 Å². The van der Waals surface area contributed by atoms with Crippen molar-refractivity contribution in [2.24, 2.45) is 17.6 Å². The molecule has 0 saturated carbocycles. The van der Waals surface area contributed by atoms with Gasteiger partial charge >= 0.3 is 0 Å². The third-order valence-corrected chi connectivity index (χ3v) is 7.87. The van der Waals surface area contributed by atoms with Crippen molar-refractivity contribution in [2.75, 3.05) is 5.32 Å². The zero-order valence-corrected chi connectivity index (χ0v) is 19.6. The van der Waals surface area contributed by atoms with Gasteiger partial charge in [0.05, 0.1) is 18.4 Å². The Balaban J connectivity index is 1.61. The first kappa shape index (κ1) is 22.6. The summed E-state index contributed by atoms with van der Waals surface area (Å²) in [5.74, 6) is -3.42. The summed E-state index contributed by atoms with van der Waals surface area (Å²) in [5, 5.41) is 6.72. The Labute approximate surface area is 201 Å². The van der Waals surface area contributed by atoms with E-state index in [1.54, 1.807) is 24.3 Å². The number of anilines is 1. The van der Waals surface area contributed by atoms with Crippen LogP contribution >= 0.6 is 11.6 Å². The number of benzene rings is 2. The summed E-state index contributed by atoms with van der Waals surface area (Å²) in [6.07, 6.45) is 0.273. The van der Waals surface area contributed by atoms with Crippen LogP contribution < -0.4 is 16.4 Å². The number of likely N-dealkylation sites (tertiary alicyclic amines) is 1. The molecular weight excluding hydrogens is 456 g/mol. The van der Waals surface area contributed by atoms with Gasteiger partial charge in [0.25, 0.3) is 0 Å². The molecule has 4 amide bonds.